The van der Waals surface area contributed by atoms with Crippen molar-refractivity contribution < 1.29 is 4.74 Å². The number of thiocarbonyl (C=S) groups is 1. The number of hydrogen-bond donors (Lipinski definition) is 2. The summed E-state index contributed by atoms with van der Waals surface area (Å²) in [6.07, 6.45) is 1.95. The monoisotopic (exact) mass is 382 g/mol. The van der Waals surface area contributed by atoms with Gasteiger partial charge in [-0.25, -0.2) is 9.50 Å². The van der Waals surface area contributed by atoms with Gasteiger partial charge in [-0.15, -0.1) is 5.10 Å². The molecule has 0 unspecified atom stereocenters. The molecule has 0 saturated carbocycles. The van der Waals surface area contributed by atoms with Crippen LogP contribution in [0.25, 0.3) is 16.9 Å². The van der Waals surface area contributed by atoms with Crippen LogP contribution in [0.15, 0.2) is 42.6 Å². The second-order valence-electron chi connectivity index (χ2n) is 6.26. The molecule has 1 aliphatic heterocycles. The lowest BCUT2D eigenvalue weighted by Gasteiger charge is -2.28. The predicted octanol–water partition coefficient (Wildman–Crippen LogP) is 2.54. The highest BCUT2D eigenvalue weighted by Crippen LogP contribution is 2.25. The molecular formula is C19H22N6OS. The highest BCUT2D eigenvalue weighted by molar-refractivity contribution is 7.80. The number of rotatable bonds is 4. The van der Waals surface area contributed by atoms with Gasteiger partial charge >= 0.3 is 0 Å². The Morgan fingerprint density at radius 3 is 2.70 bits per heavy atom. The van der Waals surface area contributed by atoms with Crippen molar-refractivity contribution in [2.24, 2.45) is 0 Å². The fraction of sp³-hybridized carbons (Fsp3) is 0.316. The van der Waals surface area contributed by atoms with Crippen LogP contribution in [0.3, 0.4) is 0 Å². The first-order chi connectivity index (χ1) is 13.2. The summed E-state index contributed by atoms with van der Waals surface area (Å²) in [5, 5.41) is 11.5. The van der Waals surface area contributed by atoms with Crippen molar-refractivity contribution in [3.05, 3.63) is 42.6 Å². The lowest BCUT2D eigenvalue weighted by atomic mass is 10.2. The molecule has 2 aromatic heterocycles. The van der Waals surface area contributed by atoms with Gasteiger partial charge in [0.25, 0.3) is 0 Å². The Kier molecular flexibility index (Phi) is 5.17. The number of morpholine rings is 1. The van der Waals surface area contributed by atoms with Crippen molar-refractivity contribution in [2.75, 3.05) is 43.1 Å². The summed E-state index contributed by atoms with van der Waals surface area (Å²) in [5.41, 5.74) is 2.90. The molecule has 4 rings (SSSR count). The molecule has 1 aliphatic rings. The first kappa shape index (κ1) is 17.7. The summed E-state index contributed by atoms with van der Waals surface area (Å²) in [6.45, 7) is 5.91. The van der Waals surface area contributed by atoms with Gasteiger partial charge in [0.1, 0.15) is 5.52 Å². The number of nitrogens with zero attached hydrogens (tertiary/aromatic N) is 4. The van der Waals surface area contributed by atoms with Crippen molar-refractivity contribution in [2.45, 2.75) is 6.92 Å². The highest BCUT2D eigenvalue weighted by atomic mass is 32.1. The Balaban J connectivity index is 1.64. The number of benzene rings is 1. The van der Waals surface area contributed by atoms with Crippen LogP contribution in [0.4, 0.5) is 11.5 Å². The van der Waals surface area contributed by atoms with Crippen molar-refractivity contribution in [1.29, 1.82) is 0 Å². The third-order valence-corrected chi connectivity index (χ3v) is 4.67. The third-order valence-electron chi connectivity index (χ3n) is 4.42. The minimum atomic E-state index is 0.616. The molecule has 7 nitrogen and oxygen atoms in total. The standard InChI is InChI=1S/C19H22N6OS/c1-2-20-19(27)21-15-7-5-14(6-8-15)17-22-18(24-10-12-26-13-11-24)16-4-3-9-25(16)23-17/h3-9H,2,10-13H2,1H3,(H2,20,21,27). The molecule has 8 heteroatoms. The summed E-state index contributed by atoms with van der Waals surface area (Å²) >= 11 is 5.23. The zero-order valence-electron chi connectivity index (χ0n) is 15.2. The molecule has 2 N–H and O–H groups in total. The second kappa shape index (κ2) is 7.89. The molecule has 1 saturated heterocycles. The zero-order chi connectivity index (χ0) is 18.6. The van der Waals surface area contributed by atoms with Crippen LogP contribution in [0.2, 0.25) is 0 Å². The van der Waals surface area contributed by atoms with Crippen LogP contribution in [0.1, 0.15) is 6.92 Å². The molecular weight excluding hydrogens is 360 g/mol. The zero-order valence-corrected chi connectivity index (χ0v) is 16.0. The van der Waals surface area contributed by atoms with Crippen molar-refractivity contribution in [3.8, 4) is 11.4 Å². The molecule has 0 aliphatic carbocycles. The quantitative estimate of drug-likeness (QED) is 0.672. The van der Waals surface area contributed by atoms with Crippen LogP contribution < -0.4 is 15.5 Å². The molecule has 0 bridgehead atoms. The topological polar surface area (TPSA) is 66.7 Å². The maximum atomic E-state index is 5.48. The summed E-state index contributed by atoms with van der Waals surface area (Å²) in [4.78, 5) is 7.13. The van der Waals surface area contributed by atoms with Gasteiger partial charge in [-0.2, -0.15) is 0 Å². The van der Waals surface area contributed by atoms with E-state index in [0.29, 0.717) is 10.9 Å². The number of fused-ring (bicyclic) bond motifs is 1. The number of aromatic nitrogens is 3. The Morgan fingerprint density at radius 2 is 1.96 bits per heavy atom. The number of ether oxygens (including phenoxy) is 1. The van der Waals surface area contributed by atoms with Gasteiger partial charge in [-0.1, -0.05) is 0 Å². The second-order valence-corrected chi connectivity index (χ2v) is 6.67. The van der Waals surface area contributed by atoms with Crippen LogP contribution in [0, 0.1) is 0 Å². The first-order valence-corrected chi connectivity index (χ1v) is 9.49. The molecule has 3 heterocycles. The van der Waals surface area contributed by atoms with E-state index in [2.05, 4.69) is 20.6 Å². The summed E-state index contributed by atoms with van der Waals surface area (Å²) in [7, 11) is 0. The van der Waals surface area contributed by atoms with Crippen LogP contribution in [-0.4, -0.2) is 52.6 Å². The van der Waals surface area contributed by atoms with E-state index in [1.165, 1.54) is 0 Å². The molecule has 0 atom stereocenters. The van der Waals surface area contributed by atoms with E-state index in [-0.39, 0.29) is 0 Å². The van der Waals surface area contributed by atoms with Crippen LogP contribution in [-0.2, 0) is 4.74 Å². The summed E-state index contributed by atoms with van der Waals surface area (Å²) in [5.74, 6) is 1.64. The van der Waals surface area contributed by atoms with Crippen molar-refractivity contribution >= 4 is 34.4 Å². The van der Waals surface area contributed by atoms with Gasteiger partial charge in [0, 0.05) is 37.1 Å². The minimum absolute atomic E-state index is 0.616. The molecule has 27 heavy (non-hydrogen) atoms. The Labute approximate surface area is 163 Å². The third kappa shape index (κ3) is 3.86. The van der Waals surface area contributed by atoms with Gasteiger partial charge in [-0.05, 0) is 55.5 Å². The first-order valence-electron chi connectivity index (χ1n) is 9.08. The number of nitrogens with one attached hydrogen (secondary N) is 2. The molecule has 140 valence electrons. The SMILES string of the molecule is CCNC(=S)Nc1ccc(-c2nc(N3CCOCC3)c3cccn3n2)cc1. The Morgan fingerprint density at radius 1 is 1.19 bits per heavy atom. The van der Waals surface area contributed by atoms with Gasteiger partial charge in [-0.3, -0.25) is 0 Å². The molecule has 0 spiro atoms. The maximum Gasteiger partial charge on any atom is 0.182 e. The summed E-state index contributed by atoms with van der Waals surface area (Å²) < 4.78 is 7.37. The average molecular weight is 382 g/mol. The fourth-order valence-corrected chi connectivity index (χ4v) is 3.35. The predicted molar refractivity (Wildman–Crippen MR) is 111 cm³/mol. The minimum Gasteiger partial charge on any atom is -0.378 e. The van der Waals surface area contributed by atoms with Gasteiger partial charge in [0.05, 0.1) is 13.2 Å². The molecule has 1 fully saturated rings. The van der Waals surface area contributed by atoms with E-state index in [9.17, 15) is 0 Å². The van der Waals surface area contributed by atoms with Gasteiger partial charge in [0.15, 0.2) is 16.8 Å². The van der Waals surface area contributed by atoms with E-state index < -0.39 is 0 Å². The Bertz CT molecular complexity index is 933. The van der Waals surface area contributed by atoms with E-state index >= 15 is 0 Å². The lowest BCUT2D eigenvalue weighted by molar-refractivity contribution is 0.122. The van der Waals surface area contributed by atoms with Crippen molar-refractivity contribution in [1.82, 2.24) is 19.9 Å². The van der Waals surface area contributed by atoms with Crippen LogP contribution in [0.5, 0.6) is 0 Å². The van der Waals surface area contributed by atoms with E-state index in [0.717, 1.165) is 55.4 Å². The smallest absolute Gasteiger partial charge is 0.182 e. The Hall–Kier alpha value is -2.71. The van der Waals surface area contributed by atoms with E-state index in [1.807, 2.05) is 54.0 Å². The van der Waals surface area contributed by atoms with Gasteiger partial charge < -0.3 is 20.3 Å². The molecule has 3 aromatic rings. The average Bonchev–Trinajstić information content (AvgIpc) is 3.17. The number of hydrogen-bond acceptors (Lipinski definition) is 5. The summed E-state index contributed by atoms with van der Waals surface area (Å²) in [6, 6.07) is 12.0. The van der Waals surface area contributed by atoms with Gasteiger partial charge in [0.2, 0.25) is 0 Å². The van der Waals surface area contributed by atoms with E-state index in [4.69, 9.17) is 21.9 Å². The largest absolute Gasteiger partial charge is 0.378 e. The van der Waals surface area contributed by atoms with E-state index in [1.54, 1.807) is 0 Å². The fourth-order valence-electron chi connectivity index (χ4n) is 3.09. The number of anilines is 2. The highest BCUT2D eigenvalue weighted by Gasteiger charge is 2.18. The lowest BCUT2D eigenvalue weighted by Crippen LogP contribution is -2.37. The molecule has 1 aromatic carbocycles. The molecule has 0 amide bonds. The van der Waals surface area contributed by atoms with Crippen LogP contribution >= 0.6 is 12.2 Å². The molecule has 0 radical (unpaired) electrons. The van der Waals surface area contributed by atoms with Crippen molar-refractivity contribution in [3.63, 3.8) is 0 Å². The maximum absolute atomic E-state index is 5.48. The normalized spacial score (nSPS) is 14.3.